The predicted molar refractivity (Wildman–Crippen MR) is 171 cm³/mol. The number of hydrogen-bond donors (Lipinski definition) is 0. The Kier molecular flexibility index (Phi) is 10.9. The van der Waals surface area contributed by atoms with Crippen LogP contribution in [0.3, 0.4) is 0 Å². The topological polar surface area (TPSA) is 124 Å². The molecule has 0 amide bonds. The summed E-state index contributed by atoms with van der Waals surface area (Å²) in [5.74, 6) is 0. The molecule has 0 saturated carbocycles. The highest BCUT2D eigenvalue weighted by atomic mass is 32.2. The van der Waals surface area contributed by atoms with Crippen LogP contribution < -0.4 is 22.5 Å². The Morgan fingerprint density at radius 1 is 0.512 bits per heavy atom. The maximum atomic E-state index is 13.4. The molecule has 4 rings (SSSR count). The Hall–Kier alpha value is -3.35. The first-order valence-electron chi connectivity index (χ1n) is 15.6. The fourth-order valence-electron chi connectivity index (χ4n) is 5.61. The second-order valence-electron chi connectivity index (χ2n) is 11.5. The number of hydrogen-bond acceptors (Lipinski definition) is 7. The zero-order valence-electron chi connectivity index (χ0n) is 26.5. The minimum Gasteiger partial charge on any atom is -0.313 e. The van der Waals surface area contributed by atoms with Crippen molar-refractivity contribution in [3.8, 4) is 0 Å². The molecule has 0 radical (unpaired) electrons. The minimum absolute atomic E-state index is 0.323. The van der Waals surface area contributed by atoms with E-state index in [0.717, 1.165) is 47.7 Å². The summed E-state index contributed by atoms with van der Waals surface area (Å²) >= 11 is 1.27. The standard InChI is InChI=1S/C30H46N8O4S/c1-7-9-11-13-15-17-19-37-21-23(33(3)29(41)35(5)25(21)39)31-27(37)43-28-32-24-22(26(40)36(6)30(42)34(24)4)38(28)20-18-16-14-12-10-8-2/h7-20H2,1-6H3. The van der Waals surface area contributed by atoms with E-state index in [1.165, 1.54) is 73.5 Å². The summed E-state index contributed by atoms with van der Waals surface area (Å²) in [5.41, 5.74) is -0.253. The Morgan fingerprint density at radius 3 is 1.23 bits per heavy atom. The molecule has 4 aromatic rings. The van der Waals surface area contributed by atoms with Crippen LogP contribution in [0.5, 0.6) is 0 Å². The van der Waals surface area contributed by atoms with Crippen LogP contribution in [0.2, 0.25) is 0 Å². The first-order valence-corrected chi connectivity index (χ1v) is 16.5. The Balaban J connectivity index is 1.80. The third-order valence-corrected chi connectivity index (χ3v) is 9.27. The van der Waals surface area contributed by atoms with E-state index in [9.17, 15) is 19.2 Å². The lowest BCUT2D eigenvalue weighted by atomic mass is 10.1. The fraction of sp³-hybridized carbons (Fsp3) is 0.667. The summed E-state index contributed by atoms with van der Waals surface area (Å²) in [6.45, 7) is 5.51. The van der Waals surface area contributed by atoms with E-state index in [1.54, 1.807) is 14.1 Å². The van der Waals surface area contributed by atoms with Crippen LogP contribution in [0.15, 0.2) is 29.5 Å². The molecule has 12 nitrogen and oxygen atoms in total. The number of fused-ring (bicyclic) bond motifs is 2. The summed E-state index contributed by atoms with van der Waals surface area (Å²) in [6.07, 6.45) is 13.1. The van der Waals surface area contributed by atoms with Crippen LogP contribution in [0.25, 0.3) is 22.3 Å². The SMILES string of the molecule is CCCCCCCCn1c(Sc2nc3c(c(=O)n(C)c(=O)n3C)n2CCCCCCCC)nc2c1c(=O)n(C)c(=O)n2C. The van der Waals surface area contributed by atoms with Crippen molar-refractivity contribution in [1.82, 2.24) is 37.4 Å². The van der Waals surface area contributed by atoms with E-state index < -0.39 is 11.4 Å². The van der Waals surface area contributed by atoms with Gasteiger partial charge in [0.25, 0.3) is 11.1 Å². The van der Waals surface area contributed by atoms with Gasteiger partial charge in [-0.15, -0.1) is 0 Å². The molecule has 0 atom stereocenters. The van der Waals surface area contributed by atoms with E-state index in [1.807, 2.05) is 9.13 Å². The molecular formula is C30H46N8O4S. The Bertz CT molecular complexity index is 1690. The van der Waals surface area contributed by atoms with Gasteiger partial charge in [-0.3, -0.25) is 27.9 Å². The minimum atomic E-state index is -0.438. The van der Waals surface area contributed by atoms with Crippen molar-refractivity contribution in [3.05, 3.63) is 41.7 Å². The van der Waals surface area contributed by atoms with Crippen LogP contribution in [0.1, 0.15) is 90.9 Å². The number of imidazole rings is 2. The van der Waals surface area contributed by atoms with E-state index in [2.05, 4.69) is 13.8 Å². The molecule has 43 heavy (non-hydrogen) atoms. The van der Waals surface area contributed by atoms with Crippen LogP contribution in [-0.4, -0.2) is 37.4 Å². The van der Waals surface area contributed by atoms with Crippen molar-refractivity contribution in [2.45, 2.75) is 114 Å². The van der Waals surface area contributed by atoms with E-state index in [0.29, 0.717) is 45.7 Å². The third-order valence-electron chi connectivity index (χ3n) is 8.28. The van der Waals surface area contributed by atoms with Crippen molar-refractivity contribution < 1.29 is 0 Å². The summed E-state index contributed by atoms with van der Waals surface area (Å²) < 4.78 is 8.82. The molecule has 0 fully saturated rings. The molecule has 0 saturated heterocycles. The zero-order chi connectivity index (χ0) is 31.3. The summed E-state index contributed by atoms with van der Waals surface area (Å²) in [4.78, 5) is 61.8. The number of aryl methyl sites for hydroxylation is 4. The molecule has 0 aromatic carbocycles. The quantitative estimate of drug-likeness (QED) is 0.174. The predicted octanol–water partition coefficient (Wildman–Crippen LogP) is 4.05. The molecule has 0 spiro atoms. The number of rotatable bonds is 16. The van der Waals surface area contributed by atoms with Gasteiger partial charge in [-0.05, 0) is 24.6 Å². The summed E-state index contributed by atoms with van der Waals surface area (Å²) in [5, 5.41) is 1.06. The zero-order valence-corrected chi connectivity index (χ0v) is 27.3. The molecule has 0 N–H and O–H groups in total. The van der Waals surface area contributed by atoms with Gasteiger partial charge in [0.05, 0.1) is 0 Å². The van der Waals surface area contributed by atoms with Gasteiger partial charge in [-0.1, -0.05) is 78.1 Å². The van der Waals surface area contributed by atoms with Gasteiger partial charge < -0.3 is 9.13 Å². The average Bonchev–Trinajstić information content (AvgIpc) is 3.54. The van der Waals surface area contributed by atoms with E-state index in [4.69, 9.17) is 9.97 Å². The van der Waals surface area contributed by atoms with Gasteiger partial charge in [-0.2, -0.15) is 0 Å². The number of nitrogens with zero attached hydrogens (tertiary/aromatic N) is 8. The average molecular weight is 615 g/mol. The largest absolute Gasteiger partial charge is 0.332 e. The second-order valence-corrected chi connectivity index (χ2v) is 12.4. The molecule has 0 aliphatic carbocycles. The highest BCUT2D eigenvalue weighted by molar-refractivity contribution is 7.99. The van der Waals surface area contributed by atoms with Crippen LogP contribution in [-0.2, 0) is 41.3 Å². The van der Waals surface area contributed by atoms with Crippen molar-refractivity contribution >= 4 is 34.1 Å². The maximum Gasteiger partial charge on any atom is 0.332 e. The molecular weight excluding hydrogens is 568 g/mol. The normalized spacial score (nSPS) is 11.9. The molecule has 236 valence electrons. The van der Waals surface area contributed by atoms with Gasteiger partial charge in [0.2, 0.25) is 0 Å². The van der Waals surface area contributed by atoms with E-state index in [-0.39, 0.29) is 11.1 Å². The fourth-order valence-corrected chi connectivity index (χ4v) is 6.62. The third kappa shape index (κ3) is 6.61. The smallest absolute Gasteiger partial charge is 0.313 e. The van der Waals surface area contributed by atoms with Gasteiger partial charge in [0.15, 0.2) is 32.6 Å². The highest BCUT2D eigenvalue weighted by Gasteiger charge is 2.24. The van der Waals surface area contributed by atoms with Crippen molar-refractivity contribution in [2.75, 3.05) is 0 Å². The lowest BCUT2D eigenvalue weighted by Gasteiger charge is -2.11. The first kappa shape index (κ1) is 32.6. The molecule has 4 heterocycles. The Morgan fingerprint density at radius 2 is 0.860 bits per heavy atom. The summed E-state index contributed by atoms with van der Waals surface area (Å²) in [7, 11) is 6.20. The molecule has 13 heteroatoms. The molecule has 4 aromatic heterocycles. The van der Waals surface area contributed by atoms with Crippen LogP contribution in [0, 0.1) is 0 Å². The van der Waals surface area contributed by atoms with Crippen molar-refractivity contribution in [1.29, 1.82) is 0 Å². The second kappa shape index (κ2) is 14.4. The molecule has 0 aliphatic heterocycles. The van der Waals surface area contributed by atoms with Gasteiger partial charge in [-0.25, -0.2) is 19.6 Å². The first-order chi connectivity index (χ1) is 20.6. The van der Waals surface area contributed by atoms with Crippen molar-refractivity contribution in [2.24, 2.45) is 28.2 Å². The van der Waals surface area contributed by atoms with Gasteiger partial charge in [0, 0.05) is 41.3 Å². The van der Waals surface area contributed by atoms with Crippen LogP contribution in [0.4, 0.5) is 0 Å². The molecule has 0 aliphatic rings. The summed E-state index contributed by atoms with van der Waals surface area (Å²) in [6, 6.07) is 0. The number of unbranched alkanes of at least 4 members (excludes halogenated alkanes) is 10. The lowest BCUT2D eigenvalue weighted by molar-refractivity contribution is 0.537. The van der Waals surface area contributed by atoms with Crippen LogP contribution >= 0.6 is 11.8 Å². The molecule has 0 bridgehead atoms. The van der Waals surface area contributed by atoms with Crippen molar-refractivity contribution in [3.63, 3.8) is 0 Å². The number of aromatic nitrogens is 8. The van der Waals surface area contributed by atoms with E-state index >= 15 is 0 Å². The monoisotopic (exact) mass is 614 g/mol. The maximum absolute atomic E-state index is 13.4. The highest BCUT2D eigenvalue weighted by Crippen LogP contribution is 2.31. The van der Waals surface area contributed by atoms with Gasteiger partial charge >= 0.3 is 11.4 Å². The lowest BCUT2D eigenvalue weighted by Crippen LogP contribution is -2.37. The van der Waals surface area contributed by atoms with Gasteiger partial charge in [0.1, 0.15) is 0 Å². The Labute approximate surface area is 255 Å². The molecule has 0 unspecified atom stereocenters.